The third-order valence-electron chi connectivity index (χ3n) is 2.50. The summed E-state index contributed by atoms with van der Waals surface area (Å²) in [6.45, 7) is 1.80. The van der Waals surface area contributed by atoms with Crippen molar-refractivity contribution in [3.63, 3.8) is 0 Å². The number of carbonyl (C=O) groups excluding carboxylic acids is 1. The molecule has 0 spiro atoms. The molecule has 5 nitrogen and oxygen atoms in total. The fraction of sp³-hybridized carbons (Fsp3) is 0.273. The summed E-state index contributed by atoms with van der Waals surface area (Å²) in [6, 6.07) is 1.36. The summed E-state index contributed by atoms with van der Waals surface area (Å²) in [5.41, 5.74) is 0.512. The lowest BCUT2D eigenvalue weighted by atomic mass is 10.0. The van der Waals surface area contributed by atoms with Gasteiger partial charge in [0.2, 0.25) is 6.79 Å². The van der Waals surface area contributed by atoms with Crippen molar-refractivity contribution in [1.82, 2.24) is 0 Å². The van der Waals surface area contributed by atoms with Crippen LogP contribution in [0, 0.1) is 0 Å². The number of hydrogen-bond donors (Lipinski definition) is 1. The molecule has 0 bridgehead atoms. The first kappa shape index (κ1) is 11.7. The first-order chi connectivity index (χ1) is 8.06. The van der Waals surface area contributed by atoms with Gasteiger partial charge in [-0.2, -0.15) is 0 Å². The Morgan fingerprint density at radius 1 is 1.47 bits per heavy atom. The maximum absolute atomic E-state index is 11.5. The molecule has 1 aliphatic heterocycles. The van der Waals surface area contributed by atoms with Gasteiger partial charge in [-0.05, 0) is 18.1 Å². The molecule has 2 rings (SSSR count). The highest BCUT2D eigenvalue weighted by Crippen LogP contribution is 2.43. The number of carbonyl (C=O) groups is 2. The summed E-state index contributed by atoms with van der Waals surface area (Å²) in [5.74, 6) is -1.85. The first-order valence-electron chi connectivity index (χ1n) is 4.94. The van der Waals surface area contributed by atoms with E-state index in [1.54, 1.807) is 6.92 Å². The zero-order valence-electron chi connectivity index (χ0n) is 8.95. The summed E-state index contributed by atoms with van der Waals surface area (Å²) in [7, 11) is 0. The van der Waals surface area contributed by atoms with E-state index < -0.39 is 11.8 Å². The van der Waals surface area contributed by atoms with E-state index >= 15 is 0 Å². The zero-order valence-corrected chi connectivity index (χ0v) is 9.71. The van der Waals surface area contributed by atoms with Crippen molar-refractivity contribution in [2.45, 2.75) is 13.3 Å². The van der Waals surface area contributed by atoms with Crippen molar-refractivity contribution in [2.75, 3.05) is 6.79 Å². The number of fused-ring (bicyclic) bond motifs is 1. The molecule has 0 amide bonds. The molecule has 1 heterocycles. The molecular weight excluding hydrogens is 248 g/mol. The molecule has 0 saturated carbocycles. The predicted molar refractivity (Wildman–Crippen MR) is 58.9 cm³/mol. The monoisotopic (exact) mass is 256 g/mol. The molecule has 0 aromatic heterocycles. The van der Waals surface area contributed by atoms with Gasteiger partial charge in [0, 0.05) is 5.56 Å². The van der Waals surface area contributed by atoms with Crippen molar-refractivity contribution >= 4 is 23.4 Å². The second-order valence-corrected chi connectivity index (χ2v) is 3.82. The number of ketones is 1. The number of rotatable bonds is 3. The van der Waals surface area contributed by atoms with Crippen molar-refractivity contribution in [2.24, 2.45) is 0 Å². The van der Waals surface area contributed by atoms with E-state index in [2.05, 4.69) is 0 Å². The molecule has 0 unspecified atom stereocenters. The summed E-state index contributed by atoms with van der Waals surface area (Å²) in [4.78, 5) is 22.2. The van der Waals surface area contributed by atoms with Gasteiger partial charge in [-0.25, -0.2) is 4.79 Å². The van der Waals surface area contributed by atoms with Gasteiger partial charge in [-0.15, -0.1) is 0 Å². The summed E-state index contributed by atoms with van der Waals surface area (Å²) >= 11 is 6.06. The van der Waals surface area contributed by atoms with E-state index in [0.29, 0.717) is 23.5 Å². The normalized spacial score (nSPS) is 12.6. The SMILES string of the molecule is CCc1c(C(=O)C(=O)O)cc2c(c1Cl)OCO2. The fourth-order valence-electron chi connectivity index (χ4n) is 1.70. The maximum atomic E-state index is 11.5. The van der Waals surface area contributed by atoms with Crippen molar-refractivity contribution < 1.29 is 24.2 Å². The van der Waals surface area contributed by atoms with Crippen LogP contribution in [0.3, 0.4) is 0 Å². The second-order valence-electron chi connectivity index (χ2n) is 3.44. The van der Waals surface area contributed by atoms with Crippen LogP contribution in [0.2, 0.25) is 5.02 Å². The van der Waals surface area contributed by atoms with E-state index in [1.165, 1.54) is 6.07 Å². The highest BCUT2D eigenvalue weighted by molar-refractivity contribution is 6.41. The number of hydrogen-bond acceptors (Lipinski definition) is 4. The molecule has 1 aromatic carbocycles. The van der Waals surface area contributed by atoms with Crippen LogP contribution in [0.25, 0.3) is 0 Å². The van der Waals surface area contributed by atoms with Gasteiger partial charge in [0.25, 0.3) is 5.78 Å². The molecule has 1 aromatic rings. The molecule has 0 atom stereocenters. The minimum Gasteiger partial charge on any atom is -0.475 e. The number of carboxylic acid groups (broad SMARTS) is 1. The maximum Gasteiger partial charge on any atom is 0.377 e. The van der Waals surface area contributed by atoms with Crippen molar-refractivity contribution in [3.05, 3.63) is 22.2 Å². The topological polar surface area (TPSA) is 72.8 Å². The smallest absolute Gasteiger partial charge is 0.377 e. The highest BCUT2D eigenvalue weighted by atomic mass is 35.5. The van der Waals surface area contributed by atoms with Gasteiger partial charge in [0.05, 0.1) is 5.02 Å². The predicted octanol–water partition coefficient (Wildman–Crippen LogP) is 1.90. The summed E-state index contributed by atoms with van der Waals surface area (Å²) in [6.07, 6.45) is 0.434. The molecule has 17 heavy (non-hydrogen) atoms. The van der Waals surface area contributed by atoms with Gasteiger partial charge in [-0.1, -0.05) is 18.5 Å². The second kappa shape index (κ2) is 4.25. The minimum atomic E-state index is -1.52. The van der Waals surface area contributed by atoms with Crippen LogP contribution in [0.4, 0.5) is 0 Å². The van der Waals surface area contributed by atoms with Crippen LogP contribution >= 0.6 is 11.6 Å². The van der Waals surface area contributed by atoms with E-state index in [4.69, 9.17) is 26.2 Å². The number of aliphatic carboxylic acids is 1. The van der Waals surface area contributed by atoms with Gasteiger partial charge < -0.3 is 14.6 Å². The molecule has 0 aliphatic carbocycles. The third kappa shape index (κ3) is 1.82. The Kier molecular flexibility index (Phi) is 2.93. The van der Waals surface area contributed by atoms with Crippen molar-refractivity contribution in [1.29, 1.82) is 0 Å². The standard InChI is InChI=1S/C11H9ClO5/c1-2-5-6(9(13)11(14)15)3-7-10(8(5)12)17-4-16-7/h3H,2,4H2,1H3,(H,14,15). The van der Waals surface area contributed by atoms with Crippen LogP contribution in [0.1, 0.15) is 22.8 Å². The summed E-state index contributed by atoms with van der Waals surface area (Å²) < 4.78 is 10.3. The lowest BCUT2D eigenvalue weighted by Gasteiger charge is -2.09. The van der Waals surface area contributed by atoms with Gasteiger partial charge in [0.15, 0.2) is 11.5 Å². The summed E-state index contributed by atoms with van der Waals surface area (Å²) in [5, 5.41) is 8.97. The fourth-order valence-corrected chi connectivity index (χ4v) is 2.09. The number of Topliss-reactive ketones (excluding diaryl/α,β-unsaturated/α-hetero) is 1. The Bertz CT molecular complexity index is 509. The number of carboxylic acids is 1. The van der Waals surface area contributed by atoms with Crippen LogP contribution in [-0.2, 0) is 11.2 Å². The van der Waals surface area contributed by atoms with Crippen LogP contribution in [0.15, 0.2) is 6.07 Å². The molecule has 0 saturated heterocycles. The lowest BCUT2D eigenvalue weighted by molar-refractivity contribution is -0.131. The van der Waals surface area contributed by atoms with E-state index in [1.807, 2.05) is 0 Å². The molecule has 1 N–H and O–H groups in total. The van der Waals surface area contributed by atoms with Crippen LogP contribution in [-0.4, -0.2) is 23.7 Å². The average Bonchev–Trinajstić information content (AvgIpc) is 2.76. The molecular formula is C11H9ClO5. The first-order valence-corrected chi connectivity index (χ1v) is 5.32. The molecule has 1 aliphatic rings. The Labute approximate surface area is 102 Å². The Balaban J connectivity index is 2.63. The van der Waals surface area contributed by atoms with Gasteiger partial charge in [-0.3, -0.25) is 4.79 Å². The zero-order chi connectivity index (χ0) is 12.6. The quantitative estimate of drug-likeness (QED) is 0.660. The van der Waals surface area contributed by atoms with Gasteiger partial charge in [0.1, 0.15) is 0 Å². The van der Waals surface area contributed by atoms with E-state index in [-0.39, 0.29) is 17.4 Å². The van der Waals surface area contributed by atoms with E-state index in [0.717, 1.165) is 0 Å². The Morgan fingerprint density at radius 3 is 2.76 bits per heavy atom. The van der Waals surface area contributed by atoms with Crippen molar-refractivity contribution in [3.8, 4) is 11.5 Å². The molecule has 0 fully saturated rings. The largest absolute Gasteiger partial charge is 0.475 e. The van der Waals surface area contributed by atoms with E-state index in [9.17, 15) is 9.59 Å². The Morgan fingerprint density at radius 2 is 2.18 bits per heavy atom. The number of benzene rings is 1. The highest BCUT2D eigenvalue weighted by Gasteiger charge is 2.27. The Hall–Kier alpha value is -1.75. The minimum absolute atomic E-state index is 0.0168. The number of halogens is 1. The molecule has 6 heteroatoms. The lowest BCUT2D eigenvalue weighted by Crippen LogP contribution is -2.15. The van der Waals surface area contributed by atoms with Crippen LogP contribution in [0.5, 0.6) is 11.5 Å². The molecule has 90 valence electrons. The van der Waals surface area contributed by atoms with Gasteiger partial charge >= 0.3 is 5.97 Å². The van der Waals surface area contributed by atoms with Crippen LogP contribution < -0.4 is 9.47 Å². The molecule has 0 radical (unpaired) electrons. The third-order valence-corrected chi connectivity index (χ3v) is 2.90. The average molecular weight is 257 g/mol. The number of ether oxygens (including phenoxy) is 2.